The van der Waals surface area contributed by atoms with Gasteiger partial charge in [0.05, 0.1) is 33.4 Å². The van der Waals surface area contributed by atoms with Crippen molar-refractivity contribution >= 4 is 0 Å². The second-order valence-electron chi connectivity index (χ2n) is 4.22. The fourth-order valence-electron chi connectivity index (χ4n) is 1.99. The number of hydrogen-bond donors (Lipinski definition) is 1. The summed E-state index contributed by atoms with van der Waals surface area (Å²) in [6, 6.07) is 4.61. The second-order valence-corrected chi connectivity index (χ2v) is 4.22. The third kappa shape index (κ3) is 2.91. The van der Waals surface area contributed by atoms with E-state index in [2.05, 4.69) is 4.98 Å². The molecule has 0 radical (unpaired) electrons. The van der Waals surface area contributed by atoms with E-state index in [-0.39, 0.29) is 6.54 Å². The molecule has 112 valence electrons. The van der Waals surface area contributed by atoms with Gasteiger partial charge in [-0.3, -0.25) is 9.36 Å². The SMILES string of the molecule is COc1cc(OC)c(Cn2c(=O)cc[nH]c2=O)c(OC)c1. The number of H-pyrrole nitrogens is 1. The maximum Gasteiger partial charge on any atom is 0.328 e. The molecule has 0 aliphatic heterocycles. The van der Waals surface area contributed by atoms with Crippen LogP contribution in [0.25, 0.3) is 0 Å². The van der Waals surface area contributed by atoms with Gasteiger partial charge in [-0.1, -0.05) is 0 Å². The van der Waals surface area contributed by atoms with Crippen LogP contribution in [0.4, 0.5) is 0 Å². The molecule has 0 aliphatic rings. The summed E-state index contributed by atoms with van der Waals surface area (Å²) >= 11 is 0. The zero-order valence-corrected chi connectivity index (χ0v) is 12.0. The van der Waals surface area contributed by atoms with Gasteiger partial charge in [0.25, 0.3) is 5.56 Å². The van der Waals surface area contributed by atoms with Crippen LogP contribution in [0.3, 0.4) is 0 Å². The molecule has 1 heterocycles. The van der Waals surface area contributed by atoms with Gasteiger partial charge in [-0.15, -0.1) is 0 Å². The average molecular weight is 292 g/mol. The Labute approximate surface area is 120 Å². The van der Waals surface area contributed by atoms with Crippen LogP contribution in [-0.4, -0.2) is 30.9 Å². The molecule has 7 nitrogen and oxygen atoms in total. The number of hydrogen-bond acceptors (Lipinski definition) is 5. The molecule has 0 bridgehead atoms. The minimum absolute atomic E-state index is 0.0331. The van der Waals surface area contributed by atoms with Gasteiger partial charge in [0, 0.05) is 24.4 Å². The van der Waals surface area contributed by atoms with E-state index in [1.165, 1.54) is 33.6 Å². The van der Waals surface area contributed by atoms with Crippen molar-refractivity contribution in [1.82, 2.24) is 9.55 Å². The van der Waals surface area contributed by atoms with E-state index in [0.29, 0.717) is 22.8 Å². The van der Waals surface area contributed by atoms with Crippen molar-refractivity contribution in [2.24, 2.45) is 0 Å². The van der Waals surface area contributed by atoms with Crippen LogP contribution in [-0.2, 0) is 6.54 Å². The molecule has 0 fully saturated rings. The molecule has 1 aromatic heterocycles. The number of nitrogens with one attached hydrogen (secondary N) is 1. The fraction of sp³-hybridized carbons (Fsp3) is 0.286. The Morgan fingerprint density at radius 2 is 1.67 bits per heavy atom. The van der Waals surface area contributed by atoms with Crippen molar-refractivity contribution in [1.29, 1.82) is 0 Å². The highest BCUT2D eigenvalue weighted by Crippen LogP contribution is 2.34. The molecular weight excluding hydrogens is 276 g/mol. The predicted octanol–water partition coefficient (Wildman–Crippen LogP) is 0.611. The smallest absolute Gasteiger partial charge is 0.328 e. The number of rotatable bonds is 5. The first kappa shape index (κ1) is 14.7. The minimum Gasteiger partial charge on any atom is -0.496 e. The van der Waals surface area contributed by atoms with Crippen molar-refractivity contribution in [3.63, 3.8) is 0 Å². The molecule has 0 spiro atoms. The van der Waals surface area contributed by atoms with Crippen molar-refractivity contribution < 1.29 is 14.2 Å². The van der Waals surface area contributed by atoms with Crippen molar-refractivity contribution in [2.45, 2.75) is 6.54 Å². The van der Waals surface area contributed by atoms with Crippen LogP contribution >= 0.6 is 0 Å². The molecule has 2 aromatic rings. The van der Waals surface area contributed by atoms with Crippen LogP contribution < -0.4 is 25.5 Å². The van der Waals surface area contributed by atoms with Crippen molar-refractivity contribution in [3.8, 4) is 17.2 Å². The summed E-state index contributed by atoms with van der Waals surface area (Å²) in [6.07, 6.45) is 1.31. The van der Waals surface area contributed by atoms with Gasteiger partial charge in [0.15, 0.2) is 0 Å². The van der Waals surface area contributed by atoms with Gasteiger partial charge in [-0.2, -0.15) is 0 Å². The maximum atomic E-state index is 11.8. The maximum absolute atomic E-state index is 11.8. The highest BCUT2D eigenvalue weighted by Gasteiger charge is 2.15. The van der Waals surface area contributed by atoms with Gasteiger partial charge < -0.3 is 19.2 Å². The molecule has 0 saturated carbocycles. The first-order chi connectivity index (χ1) is 10.1. The number of aromatic amines is 1. The Morgan fingerprint density at radius 3 is 2.14 bits per heavy atom. The molecule has 1 N–H and O–H groups in total. The lowest BCUT2D eigenvalue weighted by atomic mass is 10.1. The van der Waals surface area contributed by atoms with E-state index in [1.807, 2.05) is 0 Å². The normalized spacial score (nSPS) is 10.2. The Bertz CT molecular complexity index is 694. The zero-order chi connectivity index (χ0) is 15.4. The summed E-state index contributed by atoms with van der Waals surface area (Å²) < 4.78 is 16.8. The summed E-state index contributed by atoms with van der Waals surface area (Å²) in [5.74, 6) is 1.50. The van der Waals surface area contributed by atoms with Gasteiger partial charge >= 0.3 is 5.69 Å². The Hall–Kier alpha value is -2.70. The Morgan fingerprint density at radius 1 is 1.05 bits per heavy atom. The molecule has 0 amide bonds. The molecule has 1 aromatic carbocycles. The van der Waals surface area contributed by atoms with Crippen molar-refractivity contribution in [3.05, 3.63) is 50.8 Å². The topological polar surface area (TPSA) is 82.5 Å². The molecule has 0 aliphatic carbocycles. The van der Waals surface area contributed by atoms with Crippen molar-refractivity contribution in [2.75, 3.05) is 21.3 Å². The first-order valence-corrected chi connectivity index (χ1v) is 6.18. The summed E-state index contributed by atoms with van der Waals surface area (Å²) in [6.45, 7) is 0.0331. The monoisotopic (exact) mass is 292 g/mol. The van der Waals surface area contributed by atoms with Crippen LogP contribution in [0.15, 0.2) is 34.0 Å². The first-order valence-electron chi connectivity index (χ1n) is 6.18. The summed E-state index contributed by atoms with van der Waals surface area (Å²) in [5, 5.41) is 0. The standard InChI is InChI=1S/C14H16N2O5/c1-19-9-6-11(20-2)10(12(7-9)21-3)8-16-13(17)4-5-15-14(16)18/h4-7H,8H2,1-3H3,(H,15,18). The second kappa shape index (κ2) is 6.17. The van der Waals surface area contributed by atoms with Gasteiger partial charge in [-0.25, -0.2) is 4.79 Å². The quantitative estimate of drug-likeness (QED) is 0.873. The highest BCUT2D eigenvalue weighted by atomic mass is 16.5. The molecule has 2 rings (SSSR count). The van der Waals surface area contributed by atoms with Crippen LogP contribution in [0.1, 0.15) is 5.56 Å². The van der Waals surface area contributed by atoms with Gasteiger partial charge in [0.2, 0.25) is 0 Å². The number of ether oxygens (including phenoxy) is 3. The van der Waals surface area contributed by atoms with E-state index in [1.54, 1.807) is 12.1 Å². The molecule has 0 unspecified atom stereocenters. The van der Waals surface area contributed by atoms with Gasteiger partial charge in [0.1, 0.15) is 17.2 Å². The molecule has 0 atom stereocenters. The summed E-state index contributed by atoms with van der Waals surface area (Å²) in [4.78, 5) is 26.0. The third-order valence-electron chi connectivity index (χ3n) is 3.08. The molecule has 21 heavy (non-hydrogen) atoms. The van der Waals surface area contributed by atoms with Gasteiger partial charge in [-0.05, 0) is 0 Å². The number of methoxy groups -OCH3 is 3. The minimum atomic E-state index is -0.498. The lowest BCUT2D eigenvalue weighted by Gasteiger charge is -2.15. The summed E-state index contributed by atoms with van der Waals surface area (Å²) in [5.41, 5.74) is -0.319. The summed E-state index contributed by atoms with van der Waals surface area (Å²) in [7, 11) is 4.52. The Balaban J connectivity index is 2.58. The predicted molar refractivity (Wildman–Crippen MR) is 76.5 cm³/mol. The third-order valence-corrected chi connectivity index (χ3v) is 3.08. The van der Waals surface area contributed by atoms with Crippen LogP contribution in [0.5, 0.6) is 17.2 Å². The largest absolute Gasteiger partial charge is 0.496 e. The molecule has 7 heteroatoms. The lowest BCUT2D eigenvalue weighted by Crippen LogP contribution is -2.34. The van der Waals surface area contributed by atoms with E-state index < -0.39 is 11.2 Å². The Kier molecular flexibility index (Phi) is 4.32. The fourth-order valence-corrected chi connectivity index (χ4v) is 1.99. The molecular formula is C14H16N2O5. The van der Waals surface area contributed by atoms with E-state index in [0.717, 1.165) is 4.57 Å². The zero-order valence-electron chi connectivity index (χ0n) is 12.0. The number of aromatic nitrogens is 2. The molecule has 0 saturated heterocycles. The lowest BCUT2D eigenvalue weighted by molar-refractivity contribution is 0.366. The van der Waals surface area contributed by atoms with E-state index >= 15 is 0 Å². The van der Waals surface area contributed by atoms with E-state index in [4.69, 9.17) is 14.2 Å². The highest BCUT2D eigenvalue weighted by molar-refractivity contribution is 5.50. The van der Waals surface area contributed by atoms with Crippen LogP contribution in [0.2, 0.25) is 0 Å². The number of benzene rings is 1. The average Bonchev–Trinajstić information content (AvgIpc) is 2.50. The van der Waals surface area contributed by atoms with E-state index in [9.17, 15) is 9.59 Å². The number of nitrogens with zero attached hydrogens (tertiary/aromatic N) is 1. The van der Waals surface area contributed by atoms with Crippen LogP contribution in [0, 0.1) is 0 Å².